The Hall–Kier alpha value is -2.93. The monoisotopic (exact) mass is 385 g/mol. The lowest BCUT2D eigenvalue weighted by atomic mass is 9.68. The molecule has 3 aliphatic carbocycles. The standard InChI is InChI=1S/C29H23N/c1-3-7-21-19(5-1)20-6-2-4-8-22(20)25-14-28-26(13-24(21)25)29-18-10-16-9-17(12-18)23(11-16)27(29)15-30-28/h1-8,13-18,23H,9-12H2. The molecule has 8 rings (SSSR count). The van der Waals surface area contributed by atoms with Crippen molar-refractivity contribution in [1.82, 2.24) is 4.98 Å². The van der Waals surface area contributed by atoms with Crippen molar-refractivity contribution in [1.29, 1.82) is 0 Å². The van der Waals surface area contributed by atoms with Gasteiger partial charge in [0.05, 0.1) is 5.52 Å². The molecule has 2 saturated carbocycles. The van der Waals surface area contributed by atoms with Crippen molar-refractivity contribution in [2.75, 3.05) is 0 Å². The van der Waals surface area contributed by atoms with Crippen LogP contribution >= 0.6 is 0 Å². The van der Waals surface area contributed by atoms with E-state index >= 15 is 0 Å². The molecule has 0 spiro atoms. The van der Waals surface area contributed by atoms with Gasteiger partial charge in [-0.3, -0.25) is 4.98 Å². The summed E-state index contributed by atoms with van der Waals surface area (Å²) < 4.78 is 0. The lowest BCUT2D eigenvalue weighted by molar-refractivity contribution is 0.298. The van der Waals surface area contributed by atoms with Gasteiger partial charge in [0.25, 0.3) is 0 Å². The zero-order valence-corrected chi connectivity index (χ0v) is 16.9. The second-order valence-corrected chi connectivity index (χ2v) is 10.0. The highest BCUT2D eigenvalue weighted by molar-refractivity contribution is 6.27. The van der Waals surface area contributed by atoms with Crippen molar-refractivity contribution in [2.45, 2.75) is 37.5 Å². The van der Waals surface area contributed by atoms with Crippen LogP contribution in [0.2, 0.25) is 0 Å². The molecule has 1 nitrogen and oxygen atoms in total. The van der Waals surface area contributed by atoms with E-state index in [2.05, 4.69) is 66.9 Å². The Morgan fingerprint density at radius 1 is 0.633 bits per heavy atom. The molecular weight excluding hydrogens is 362 g/mol. The van der Waals surface area contributed by atoms with Crippen molar-refractivity contribution in [3.05, 3.63) is 78.0 Å². The van der Waals surface area contributed by atoms with Crippen LogP contribution in [-0.4, -0.2) is 4.98 Å². The topological polar surface area (TPSA) is 12.9 Å². The van der Waals surface area contributed by atoms with Crippen LogP contribution < -0.4 is 0 Å². The van der Waals surface area contributed by atoms with E-state index in [1.54, 1.807) is 11.1 Å². The molecule has 144 valence electrons. The van der Waals surface area contributed by atoms with Crippen molar-refractivity contribution >= 4 is 43.2 Å². The van der Waals surface area contributed by atoms with E-state index in [1.165, 1.54) is 68.9 Å². The normalized spacial score (nSPS) is 26.8. The van der Waals surface area contributed by atoms with Crippen molar-refractivity contribution in [2.24, 2.45) is 11.8 Å². The summed E-state index contributed by atoms with van der Waals surface area (Å²) in [5.74, 6) is 3.39. The van der Waals surface area contributed by atoms with E-state index in [0.717, 1.165) is 23.7 Å². The third-order valence-electron chi connectivity index (χ3n) is 8.61. The smallest absolute Gasteiger partial charge is 0.0711 e. The summed E-state index contributed by atoms with van der Waals surface area (Å²) in [6.07, 6.45) is 7.93. The van der Waals surface area contributed by atoms with E-state index in [4.69, 9.17) is 4.98 Å². The van der Waals surface area contributed by atoms with E-state index in [0.29, 0.717) is 0 Å². The number of hydrogen-bond acceptors (Lipinski definition) is 1. The Bertz CT molecular complexity index is 1530. The minimum atomic E-state index is 0.747. The first kappa shape index (κ1) is 15.8. The minimum Gasteiger partial charge on any atom is -0.256 e. The lowest BCUT2D eigenvalue weighted by Gasteiger charge is -2.36. The van der Waals surface area contributed by atoms with Gasteiger partial charge < -0.3 is 0 Å². The largest absolute Gasteiger partial charge is 0.256 e. The first-order valence-electron chi connectivity index (χ1n) is 11.5. The number of rotatable bonds is 0. The Balaban J connectivity index is 1.56. The molecule has 0 aliphatic heterocycles. The van der Waals surface area contributed by atoms with Gasteiger partial charge in [-0.1, -0.05) is 48.5 Å². The van der Waals surface area contributed by atoms with Crippen LogP contribution in [0.25, 0.3) is 43.2 Å². The summed E-state index contributed by atoms with van der Waals surface area (Å²) in [4.78, 5) is 5.04. The molecule has 1 aromatic heterocycles. The maximum absolute atomic E-state index is 5.04. The highest BCUT2D eigenvalue weighted by Crippen LogP contribution is 2.61. The first-order chi connectivity index (χ1) is 14.8. The van der Waals surface area contributed by atoms with Crippen LogP contribution in [0.3, 0.4) is 0 Å². The number of benzene rings is 4. The average Bonchev–Trinajstić information content (AvgIpc) is 3.04. The number of pyridine rings is 1. The van der Waals surface area contributed by atoms with Gasteiger partial charge in [0.1, 0.15) is 0 Å². The van der Waals surface area contributed by atoms with Gasteiger partial charge in [0.15, 0.2) is 0 Å². The van der Waals surface area contributed by atoms with Gasteiger partial charge in [-0.15, -0.1) is 0 Å². The molecule has 0 N–H and O–H groups in total. The molecule has 4 aromatic carbocycles. The maximum Gasteiger partial charge on any atom is 0.0711 e. The fraction of sp³-hybridized carbons (Fsp3) is 0.276. The van der Waals surface area contributed by atoms with E-state index in [1.807, 2.05) is 0 Å². The van der Waals surface area contributed by atoms with Gasteiger partial charge in [-0.25, -0.2) is 0 Å². The summed E-state index contributed by atoms with van der Waals surface area (Å²) in [5, 5.41) is 9.56. The third kappa shape index (κ3) is 1.87. The van der Waals surface area contributed by atoms with E-state index in [9.17, 15) is 0 Å². The van der Waals surface area contributed by atoms with Crippen molar-refractivity contribution in [3.8, 4) is 0 Å². The summed E-state index contributed by atoms with van der Waals surface area (Å²) >= 11 is 0. The van der Waals surface area contributed by atoms with E-state index in [-0.39, 0.29) is 0 Å². The van der Waals surface area contributed by atoms with Crippen LogP contribution in [0.5, 0.6) is 0 Å². The molecule has 3 bridgehead atoms. The molecule has 0 radical (unpaired) electrons. The molecular formula is C29H23N. The Morgan fingerprint density at radius 2 is 1.30 bits per heavy atom. The Labute approximate surface area is 175 Å². The fourth-order valence-electron chi connectivity index (χ4n) is 7.55. The fourth-order valence-corrected chi connectivity index (χ4v) is 7.55. The van der Waals surface area contributed by atoms with Crippen LogP contribution in [0.4, 0.5) is 0 Å². The SMILES string of the molecule is c1ccc2c(c1)c1ccccc1c1cc3c4c(cnc3cc21)C1CC2CC4CC1C2. The first-order valence-corrected chi connectivity index (χ1v) is 11.5. The van der Waals surface area contributed by atoms with Gasteiger partial charge in [0.2, 0.25) is 0 Å². The minimum absolute atomic E-state index is 0.747. The van der Waals surface area contributed by atoms with Crippen LogP contribution in [0.1, 0.15) is 48.6 Å². The predicted octanol–water partition coefficient (Wildman–Crippen LogP) is 7.70. The molecule has 1 heterocycles. The number of aromatic nitrogens is 1. The number of nitrogens with zero attached hydrogens (tertiary/aromatic N) is 1. The molecule has 5 aromatic rings. The zero-order chi connectivity index (χ0) is 19.4. The average molecular weight is 386 g/mol. The van der Waals surface area contributed by atoms with Crippen molar-refractivity contribution in [3.63, 3.8) is 0 Å². The molecule has 2 fully saturated rings. The zero-order valence-electron chi connectivity index (χ0n) is 16.9. The summed E-state index contributed by atoms with van der Waals surface area (Å²) in [7, 11) is 0. The van der Waals surface area contributed by atoms with Crippen LogP contribution in [0, 0.1) is 11.8 Å². The quantitative estimate of drug-likeness (QED) is 0.197. The van der Waals surface area contributed by atoms with Gasteiger partial charge in [-0.05, 0) is 105 Å². The molecule has 1 heteroatoms. The summed E-state index contributed by atoms with van der Waals surface area (Å²) in [6.45, 7) is 0. The third-order valence-corrected chi connectivity index (χ3v) is 8.61. The van der Waals surface area contributed by atoms with Crippen LogP contribution in [-0.2, 0) is 0 Å². The van der Waals surface area contributed by atoms with Crippen molar-refractivity contribution < 1.29 is 0 Å². The predicted molar refractivity (Wildman–Crippen MR) is 125 cm³/mol. The lowest BCUT2D eigenvalue weighted by Crippen LogP contribution is -2.23. The van der Waals surface area contributed by atoms with Crippen LogP contribution in [0.15, 0.2) is 66.9 Å². The second kappa shape index (κ2) is 5.40. The molecule has 4 unspecified atom stereocenters. The van der Waals surface area contributed by atoms with Gasteiger partial charge >= 0.3 is 0 Å². The molecule has 30 heavy (non-hydrogen) atoms. The molecule has 0 amide bonds. The van der Waals surface area contributed by atoms with Gasteiger partial charge in [-0.2, -0.15) is 0 Å². The maximum atomic E-state index is 5.04. The highest BCUT2D eigenvalue weighted by Gasteiger charge is 2.47. The summed E-state index contributed by atoms with van der Waals surface area (Å²) in [6, 6.07) is 22.6. The molecule has 4 atom stereocenters. The Kier molecular flexibility index (Phi) is 2.85. The number of hydrogen-bond donors (Lipinski definition) is 0. The molecule has 0 saturated heterocycles. The molecule has 3 aliphatic rings. The Morgan fingerprint density at radius 3 is 2.03 bits per heavy atom. The second-order valence-electron chi connectivity index (χ2n) is 10.0. The van der Waals surface area contributed by atoms with Gasteiger partial charge in [0, 0.05) is 11.6 Å². The highest BCUT2D eigenvalue weighted by atomic mass is 14.7. The number of fused-ring (bicyclic) bond motifs is 13. The van der Waals surface area contributed by atoms with E-state index < -0.39 is 0 Å². The summed E-state index contributed by atoms with van der Waals surface area (Å²) in [5.41, 5.74) is 4.43.